The van der Waals surface area contributed by atoms with Crippen LogP contribution in [-0.2, 0) is 11.8 Å². The molecular weight excluding hydrogens is 412 g/mol. The number of nitrogens with zero attached hydrogens (tertiary/aromatic N) is 3. The predicted octanol–water partition coefficient (Wildman–Crippen LogP) is 5.32. The molecule has 1 saturated carbocycles. The molecule has 0 amide bonds. The van der Waals surface area contributed by atoms with Gasteiger partial charge in [0.1, 0.15) is 5.82 Å². The van der Waals surface area contributed by atoms with Crippen molar-refractivity contribution in [3.05, 3.63) is 64.3 Å². The number of aromatic amines is 1. The van der Waals surface area contributed by atoms with Gasteiger partial charge in [0.2, 0.25) is 0 Å². The monoisotopic (exact) mass is 442 g/mol. The molecule has 4 aromatic rings. The highest BCUT2D eigenvalue weighted by Crippen LogP contribution is 2.36. The van der Waals surface area contributed by atoms with Crippen molar-refractivity contribution in [1.29, 1.82) is 0 Å². The van der Waals surface area contributed by atoms with Gasteiger partial charge in [-0.25, -0.2) is 9.78 Å². The Kier molecular flexibility index (Phi) is 4.98. The molecule has 2 aromatic carbocycles. The Bertz CT molecular complexity index is 1380. The molecule has 1 saturated heterocycles. The van der Waals surface area contributed by atoms with E-state index in [1.807, 2.05) is 11.6 Å². The van der Waals surface area contributed by atoms with Crippen LogP contribution in [0.1, 0.15) is 55.5 Å². The number of fused-ring (bicyclic) bond motifs is 1. The first-order valence-corrected chi connectivity index (χ1v) is 12.1. The highest BCUT2D eigenvalue weighted by Gasteiger charge is 2.26. The fraction of sp³-hybridized carbons (Fsp3) is 0.407. The molecule has 33 heavy (non-hydrogen) atoms. The van der Waals surface area contributed by atoms with Crippen LogP contribution in [0, 0.1) is 6.92 Å². The fourth-order valence-corrected chi connectivity index (χ4v) is 5.58. The summed E-state index contributed by atoms with van der Waals surface area (Å²) in [7, 11) is 1.88. The standard InChI is InChI=1S/C27H30N4O2/c1-17-6-5-7-18(14-17)24-25(29-26(28-24)20-12-13-33-16-20)19-10-11-22-23(15-19)30(2)27(32)31(22)21-8-3-4-9-21/h5-7,10-11,14-15,20-21H,3-4,8-9,12-13,16H2,1-2H3,(H,28,29). The van der Waals surface area contributed by atoms with E-state index in [2.05, 4.69) is 54.4 Å². The van der Waals surface area contributed by atoms with Crippen LogP contribution < -0.4 is 5.69 Å². The quantitative estimate of drug-likeness (QED) is 0.465. The number of aryl methyl sites for hydroxylation is 2. The minimum Gasteiger partial charge on any atom is -0.381 e. The van der Waals surface area contributed by atoms with Crippen molar-refractivity contribution in [3.63, 3.8) is 0 Å². The zero-order valence-corrected chi connectivity index (χ0v) is 19.3. The van der Waals surface area contributed by atoms with Crippen LogP contribution in [0.15, 0.2) is 47.3 Å². The molecule has 1 unspecified atom stereocenters. The lowest BCUT2D eigenvalue weighted by Gasteiger charge is -2.11. The van der Waals surface area contributed by atoms with Crippen molar-refractivity contribution < 1.29 is 4.74 Å². The number of aromatic nitrogens is 4. The van der Waals surface area contributed by atoms with Gasteiger partial charge in [0.25, 0.3) is 0 Å². The van der Waals surface area contributed by atoms with Crippen LogP contribution in [0.5, 0.6) is 0 Å². The lowest BCUT2D eigenvalue weighted by molar-refractivity contribution is 0.193. The largest absolute Gasteiger partial charge is 0.381 e. The van der Waals surface area contributed by atoms with E-state index in [9.17, 15) is 4.79 Å². The Morgan fingerprint density at radius 2 is 1.88 bits per heavy atom. The lowest BCUT2D eigenvalue weighted by Crippen LogP contribution is -2.24. The number of nitrogens with one attached hydrogen (secondary N) is 1. The Balaban J connectivity index is 1.51. The maximum Gasteiger partial charge on any atom is 0.329 e. The maximum absolute atomic E-state index is 13.1. The van der Waals surface area contributed by atoms with Crippen LogP contribution in [0.25, 0.3) is 33.5 Å². The molecule has 1 aliphatic carbocycles. The van der Waals surface area contributed by atoms with E-state index in [4.69, 9.17) is 9.72 Å². The number of imidazole rings is 2. The van der Waals surface area contributed by atoms with E-state index in [0.29, 0.717) is 18.6 Å². The highest BCUT2D eigenvalue weighted by atomic mass is 16.5. The normalized spacial score (nSPS) is 19.2. The van der Waals surface area contributed by atoms with Gasteiger partial charge in [0.15, 0.2) is 0 Å². The van der Waals surface area contributed by atoms with Crippen LogP contribution in [0.4, 0.5) is 0 Å². The SMILES string of the molecule is Cc1cccc(-c2nc(C3CCOC3)[nH]c2-c2ccc3c(c2)n(C)c(=O)n3C2CCCC2)c1. The highest BCUT2D eigenvalue weighted by molar-refractivity contribution is 5.86. The van der Waals surface area contributed by atoms with Crippen molar-refractivity contribution in [3.8, 4) is 22.5 Å². The number of rotatable bonds is 4. The Morgan fingerprint density at radius 3 is 2.64 bits per heavy atom. The number of hydrogen-bond acceptors (Lipinski definition) is 3. The number of ether oxygens (including phenoxy) is 1. The Labute approximate surface area is 193 Å². The molecule has 2 fully saturated rings. The molecular formula is C27H30N4O2. The summed E-state index contributed by atoms with van der Waals surface area (Å²) in [6.07, 6.45) is 5.57. The molecule has 2 aromatic heterocycles. The minimum absolute atomic E-state index is 0.0846. The van der Waals surface area contributed by atoms with Gasteiger partial charge in [-0.05, 0) is 44.4 Å². The van der Waals surface area contributed by atoms with Gasteiger partial charge in [-0.2, -0.15) is 0 Å². The number of benzene rings is 2. The molecule has 1 atom stereocenters. The van der Waals surface area contributed by atoms with Gasteiger partial charge < -0.3 is 9.72 Å². The molecule has 1 aliphatic heterocycles. The van der Waals surface area contributed by atoms with Gasteiger partial charge in [-0.3, -0.25) is 9.13 Å². The second-order valence-corrected chi connectivity index (χ2v) is 9.63. The van der Waals surface area contributed by atoms with Crippen molar-refractivity contribution >= 4 is 11.0 Å². The van der Waals surface area contributed by atoms with Gasteiger partial charge in [-0.1, -0.05) is 42.7 Å². The van der Waals surface area contributed by atoms with E-state index >= 15 is 0 Å². The first-order valence-electron chi connectivity index (χ1n) is 12.1. The first kappa shape index (κ1) is 20.5. The van der Waals surface area contributed by atoms with E-state index in [-0.39, 0.29) is 5.69 Å². The number of hydrogen-bond donors (Lipinski definition) is 1. The van der Waals surface area contributed by atoms with Gasteiger partial charge in [-0.15, -0.1) is 0 Å². The average molecular weight is 443 g/mol. The van der Waals surface area contributed by atoms with E-state index in [1.54, 1.807) is 4.57 Å². The van der Waals surface area contributed by atoms with Crippen molar-refractivity contribution in [2.75, 3.05) is 13.2 Å². The molecule has 6 nitrogen and oxygen atoms in total. The zero-order chi connectivity index (χ0) is 22.5. The van der Waals surface area contributed by atoms with Crippen molar-refractivity contribution in [2.45, 2.75) is 51.0 Å². The summed E-state index contributed by atoms with van der Waals surface area (Å²) in [6.45, 7) is 3.59. The van der Waals surface area contributed by atoms with Gasteiger partial charge in [0.05, 0.1) is 29.0 Å². The Hall–Kier alpha value is -3.12. The van der Waals surface area contributed by atoms with Gasteiger partial charge in [0, 0.05) is 36.7 Å². The summed E-state index contributed by atoms with van der Waals surface area (Å²) in [5.74, 6) is 1.27. The fourth-order valence-electron chi connectivity index (χ4n) is 5.58. The summed E-state index contributed by atoms with van der Waals surface area (Å²) in [4.78, 5) is 21.8. The molecule has 6 heteroatoms. The number of H-pyrrole nitrogens is 1. The Morgan fingerprint density at radius 1 is 1.03 bits per heavy atom. The van der Waals surface area contributed by atoms with Crippen LogP contribution >= 0.6 is 0 Å². The third-order valence-corrected chi connectivity index (χ3v) is 7.40. The molecule has 6 rings (SSSR count). The summed E-state index contributed by atoms with van der Waals surface area (Å²) >= 11 is 0. The summed E-state index contributed by atoms with van der Waals surface area (Å²) in [5.41, 5.74) is 7.41. The summed E-state index contributed by atoms with van der Waals surface area (Å²) in [6, 6.07) is 15.2. The van der Waals surface area contributed by atoms with Crippen LogP contribution in [0.2, 0.25) is 0 Å². The van der Waals surface area contributed by atoms with E-state index in [1.165, 1.54) is 18.4 Å². The summed E-state index contributed by atoms with van der Waals surface area (Å²) < 4.78 is 9.44. The second-order valence-electron chi connectivity index (χ2n) is 9.63. The smallest absolute Gasteiger partial charge is 0.329 e. The van der Waals surface area contributed by atoms with Crippen LogP contribution in [-0.4, -0.2) is 32.3 Å². The summed E-state index contributed by atoms with van der Waals surface area (Å²) in [5, 5.41) is 0. The topological polar surface area (TPSA) is 64.8 Å². The lowest BCUT2D eigenvalue weighted by atomic mass is 10.0. The van der Waals surface area contributed by atoms with E-state index < -0.39 is 0 Å². The molecule has 0 radical (unpaired) electrons. The third kappa shape index (κ3) is 3.44. The maximum atomic E-state index is 13.1. The molecule has 0 spiro atoms. The first-order chi connectivity index (χ1) is 16.1. The average Bonchev–Trinajstić information content (AvgIpc) is 3.62. The molecule has 1 N–H and O–H groups in total. The molecule has 2 aliphatic rings. The van der Waals surface area contributed by atoms with Crippen molar-refractivity contribution in [1.82, 2.24) is 19.1 Å². The minimum atomic E-state index is 0.0846. The van der Waals surface area contributed by atoms with Crippen LogP contribution in [0.3, 0.4) is 0 Å². The zero-order valence-electron chi connectivity index (χ0n) is 19.3. The predicted molar refractivity (Wildman–Crippen MR) is 131 cm³/mol. The molecule has 0 bridgehead atoms. The third-order valence-electron chi connectivity index (χ3n) is 7.40. The second kappa shape index (κ2) is 8.03. The van der Waals surface area contributed by atoms with Gasteiger partial charge >= 0.3 is 5.69 Å². The van der Waals surface area contributed by atoms with Crippen molar-refractivity contribution in [2.24, 2.45) is 7.05 Å². The molecule has 170 valence electrons. The molecule has 3 heterocycles. The van der Waals surface area contributed by atoms with E-state index in [0.717, 1.165) is 65.2 Å².